The standard InChI is InChI=1S/C16H16ClN3O4S/c1-9-3-6-14-12(7-9)19-15(20-25(14,22)23)16(21)18-10-4-5-13(24-2)11(17)8-10/h3-8,15,19-20H,1-2H3,(H,18,21)/t15-/m0/s1. The number of amides is 1. The van der Waals surface area contributed by atoms with Gasteiger partial charge in [0.15, 0.2) is 6.17 Å². The summed E-state index contributed by atoms with van der Waals surface area (Å²) in [6.07, 6.45) is -1.14. The van der Waals surface area contributed by atoms with Crippen molar-refractivity contribution in [2.75, 3.05) is 17.7 Å². The number of methoxy groups -OCH3 is 1. The second-order valence-corrected chi connectivity index (χ2v) is 7.63. The number of aryl methyl sites for hydroxylation is 1. The highest BCUT2D eigenvalue weighted by Gasteiger charge is 2.33. The van der Waals surface area contributed by atoms with E-state index in [1.165, 1.54) is 19.2 Å². The predicted molar refractivity (Wildman–Crippen MR) is 95.5 cm³/mol. The Balaban J connectivity index is 1.83. The minimum absolute atomic E-state index is 0.106. The summed E-state index contributed by atoms with van der Waals surface area (Å²) in [6.45, 7) is 1.84. The van der Waals surface area contributed by atoms with Crippen LogP contribution in [0.15, 0.2) is 41.3 Å². The molecule has 0 unspecified atom stereocenters. The third-order valence-electron chi connectivity index (χ3n) is 3.68. The summed E-state index contributed by atoms with van der Waals surface area (Å²) in [5.41, 5.74) is 1.68. The molecule has 0 saturated carbocycles. The van der Waals surface area contributed by atoms with Crippen LogP contribution in [0, 0.1) is 6.92 Å². The number of nitrogens with one attached hydrogen (secondary N) is 3. The Kier molecular flexibility index (Phi) is 4.59. The van der Waals surface area contributed by atoms with Crippen LogP contribution in [-0.4, -0.2) is 27.6 Å². The van der Waals surface area contributed by atoms with Gasteiger partial charge in [0.05, 0.1) is 17.8 Å². The molecule has 2 aromatic rings. The van der Waals surface area contributed by atoms with Crippen LogP contribution >= 0.6 is 11.6 Å². The first kappa shape index (κ1) is 17.5. The molecule has 0 bridgehead atoms. The highest BCUT2D eigenvalue weighted by Crippen LogP contribution is 2.29. The van der Waals surface area contributed by atoms with Crippen molar-refractivity contribution in [3.8, 4) is 5.75 Å². The quantitative estimate of drug-likeness (QED) is 0.758. The molecule has 25 heavy (non-hydrogen) atoms. The van der Waals surface area contributed by atoms with Crippen LogP contribution in [-0.2, 0) is 14.8 Å². The second-order valence-electron chi connectivity index (χ2n) is 5.54. The molecule has 1 aliphatic rings. The maximum absolute atomic E-state index is 12.4. The molecule has 1 amide bonds. The molecule has 7 nitrogen and oxygen atoms in total. The third-order valence-corrected chi connectivity index (χ3v) is 5.46. The number of hydrogen-bond donors (Lipinski definition) is 3. The number of carbonyl (C=O) groups excluding carboxylic acids is 1. The van der Waals surface area contributed by atoms with Gasteiger partial charge < -0.3 is 15.4 Å². The van der Waals surface area contributed by atoms with E-state index in [4.69, 9.17) is 16.3 Å². The molecule has 9 heteroatoms. The molecule has 0 aromatic heterocycles. The van der Waals surface area contributed by atoms with Gasteiger partial charge in [0.2, 0.25) is 10.0 Å². The summed E-state index contributed by atoms with van der Waals surface area (Å²) in [5.74, 6) is -0.0856. The zero-order valence-corrected chi connectivity index (χ0v) is 15.0. The van der Waals surface area contributed by atoms with E-state index in [-0.39, 0.29) is 4.90 Å². The number of sulfonamides is 1. The lowest BCUT2D eigenvalue weighted by Crippen LogP contribution is -2.51. The van der Waals surface area contributed by atoms with Crippen molar-refractivity contribution in [1.29, 1.82) is 0 Å². The van der Waals surface area contributed by atoms with Crippen LogP contribution in [0.3, 0.4) is 0 Å². The molecule has 1 aliphatic heterocycles. The summed E-state index contributed by atoms with van der Waals surface area (Å²) in [4.78, 5) is 12.5. The number of ether oxygens (including phenoxy) is 1. The molecular weight excluding hydrogens is 366 g/mol. The Hall–Kier alpha value is -2.29. The lowest BCUT2D eigenvalue weighted by molar-refractivity contribution is -0.117. The van der Waals surface area contributed by atoms with E-state index in [9.17, 15) is 13.2 Å². The van der Waals surface area contributed by atoms with Gasteiger partial charge in [-0.3, -0.25) is 4.79 Å². The maximum atomic E-state index is 12.4. The summed E-state index contributed by atoms with van der Waals surface area (Å²) in [5, 5.41) is 5.84. The lowest BCUT2D eigenvalue weighted by Gasteiger charge is -2.27. The molecule has 0 saturated heterocycles. The predicted octanol–water partition coefficient (Wildman–Crippen LogP) is 2.33. The van der Waals surface area contributed by atoms with Gasteiger partial charge in [-0.2, -0.15) is 4.72 Å². The second kappa shape index (κ2) is 6.55. The number of carbonyl (C=O) groups is 1. The van der Waals surface area contributed by atoms with Crippen molar-refractivity contribution >= 4 is 38.9 Å². The Morgan fingerprint density at radius 3 is 2.68 bits per heavy atom. The molecule has 3 rings (SSSR count). The van der Waals surface area contributed by atoms with Gasteiger partial charge in [-0.15, -0.1) is 0 Å². The molecule has 0 aliphatic carbocycles. The summed E-state index contributed by atoms with van der Waals surface area (Å²) < 4.78 is 32.0. The van der Waals surface area contributed by atoms with Gasteiger partial charge in [0.25, 0.3) is 5.91 Å². The number of hydrogen-bond acceptors (Lipinski definition) is 5. The summed E-state index contributed by atoms with van der Waals surface area (Å²) in [7, 11) is -2.30. The van der Waals surface area contributed by atoms with E-state index >= 15 is 0 Å². The van der Waals surface area contributed by atoms with E-state index in [2.05, 4.69) is 15.4 Å². The molecule has 2 aromatic carbocycles. The van der Waals surface area contributed by atoms with Gasteiger partial charge in [-0.1, -0.05) is 17.7 Å². The van der Waals surface area contributed by atoms with Crippen molar-refractivity contribution in [2.24, 2.45) is 0 Å². The Morgan fingerprint density at radius 2 is 2.00 bits per heavy atom. The van der Waals surface area contributed by atoms with Crippen LogP contribution < -0.4 is 20.1 Å². The smallest absolute Gasteiger partial charge is 0.262 e. The number of halogens is 1. The zero-order chi connectivity index (χ0) is 18.2. The minimum atomic E-state index is -3.78. The average molecular weight is 382 g/mol. The highest BCUT2D eigenvalue weighted by atomic mass is 35.5. The molecule has 132 valence electrons. The fourth-order valence-electron chi connectivity index (χ4n) is 2.47. The Bertz CT molecular complexity index is 946. The minimum Gasteiger partial charge on any atom is -0.495 e. The molecule has 0 radical (unpaired) electrons. The molecule has 1 heterocycles. The van der Waals surface area contributed by atoms with Crippen molar-refractivity contribution < 1.29 is 17.9 Å². The molecule has 3 N–H and O–H groups in total. The van der Waals surface area contributed by atoms with Crippen molar-refractivity contribution in [2.45, 2.75) is 18.0 Å². The number of anilines is 2. The van der Waals surface area contributed by atoms with E-state index in [0.29, 0.717) is 22.1 Å². The van der Waals surface area contributed by atoms with Crippen LogP contribution in [0.4, 0.5) is 11.4 Å². The molecule has 0 fully saturated rings. The van der Waals surface area contributed by atoms with E-state index in [1.807, 2.05) is 6.92 Å². The first-order chi connectivity index (χ1) is 11.8. The third kappa shape index (κ3) is 3.55. The van der Waals surface area contributed by atoms with Crippen LogP contribution in [0.25, 0.3) is 0 Å². The zero-order valence-electron chi connectivity index (χ0n) is 13.5. The Morgan fingerprint density at radius 1 is 1.24 bits per heavy atom. The van der Waals surface area contributed by atoms with Gasteiger partial charge >= 0.3 is 0 Å². The molecule has 1 atom stereocenters. The lowest BCUT2D eigenvalue weighted by atomic mass is 10.2. The SMILES string of the molecule is COc1ccc(NC(=O)[C@H]2Nc3cc(C)ccc3S(=O)(=O)N2)cc1Cl. The fraction of sp³-hybridized carbons (Fsp3) is 0.188. The number of benzene rings is 2. The van der Waals surface area contributed by atoms with Crippen molar-refractivity contribution in [1.82, 2.24) is 4.72 Å². The fourth-order valence-corrected chi connectivity index (χ4v) is 3.99. The van der Waals surface area contributed by atoms with Gasteiger partial charge in [0, 0.05) is 5.69 Å². The average Bonchev–Trinajstić information content (AvgIpc) is 2.53. The number of fused-ring (bicyclic) bond motifs is 1. The number of rotatable bonds is 3. The van der Waals surface area contributed by atoms with Crippen molar-refractivity contribution in [3.05, 3.63) is 47.0 Å². The summed E-state index contributed by atoms with van der Waals surface area (Å²) in [6, 6.07) is 9.61. The van der Waals surface area contributed by atoms with Gasteiger partial charge in [0.1, 0.15) is 10.6 Å². The van der Waals surface area contributed by atoms with Crippen LogP contribution in [0.1, 0.15) is 5.56 Å². The topological polar surface area (TPSA) is 96.5 Å². The van der Waals surface area contributed by atoms with Crippen molar-refractivity contribution in [3.63, 3.8) is 0 Å². The Labute approximate surface area is 150 Å². The van der Waals surface area contributed by atoms with Crippen LogP contribution in [0.2, 0.25) is 5.02 Å². The monoisotopic (exact) mass is 381 g/mol. The largest absolute Gasteiger partial charge is 0.495 e. The van der Waals surface area contributed by atoms with Gasteiger partial charge in [-0.25, -0.2) is 8.42 Å². The van der Waals surface area contributed by atoms with Crippen LogP contribution in [0.5, 0.6) is 5.75 Å². The van der Waals surface area contributed by atoms with E-state index < -0.39 is 22.1 Å². The van der Waals surface area contributed by atoms with Gasteiger partial charge in [-0.05, 0) is 42.8 Å². The molecule has 0 spiro atoms. The molecular formula is C16H16ClN3O4S. The highest BCUT2D eigenvalue weighted by molar-refractivity contribution is 7.89. The van der Waals surface area contributed by atoms with E-state index in [0.717, 1.165) is 5.56 Å². The summed E-state index contributed by atoms with van der Waals surface area (Å²) >= 11 is 6.02. The normalized spacial score (nSPS) is 18.0. The maximum Gasteiger partial charge on any atom is 0.262 e. The van der Waals surface area contributed by atoms with E-state index in [1.54, 1.807) is 24.3 Å². The first-order valence-corrected chi connectivity index (χ1v) is 9.20. The first-order valence-electron chi connectivity index (χ1n) is 7.34.